The maximum atomic E-state index is 13.3. The van der Waals surface area contributed by atoms with Crippen molar-refractivity contribution in [3.05, 3.63) is 64.0 Å². The molecule has 1 aliphatic rings. The molecule has 0 aliphatic carbocycles. The number of aromatic nitrogens is 2. The van der Waals surface area contributed by atoms with E-state index in [2.05, 4.69) is 10.3 Å². The SMILES string of the molecule is Cc1c(Cn2c(C)nc3c(C(=O)O)c(C4CNCCO4)ccc32)cccc1C(F)(F)F.Cl.Cl. The third-order valence-corrected chi connectivity index (χ3v) is 5.71. The fourth-order valence-electron chi connectivity index (χ4n) is 4.11. The van der Waals surface area contributed by atoms with Gasteiger partial charge in [-0.15, -0.1) is 24.8 Å². The van der Waals surface area contributed by atoms with E-state index in [9.17, 15) is 23.1 Å². The number of halogens is 5. The van der Waals surface area contributed by atoms with E-state index in [1.165, 1.54) is 13.0 Å². The molecule has 0 bridgehead atoms. The molecule has 1 aromatic heterocycles. The summed E-state index contributed by atoms with van der Waals surface area (Å²) in [6.45, 7) is 4.98. The molecule has 2 heterocycles. The standard InChI is InChI=1S/C22H22F3N3O3.2ClH/c1-12-14(4-3-5-16(12)22(23,24)25)11-28-13(2)27-20-17(28)7-6-15(19(20)21(29)30)18-10-26-8-9-31-18;;/h3-7,18,26H,8-11H2,1-2H3,(H,29,30);2*1H. The Morgan fingerprint density at radius 1 is 1.24 bits per heavy atom. The maximum Gasteiger partial charge on any atom is 0.416 e. The highest BCUT2D eigenvalue weighted by atomic mass is 35.5. The number of carboxylic acid groups (broad SMARTS) is 1. The number of hydrogen-bond acceptors (Lipinski definition) is 4. The van der Waals surface area contributed by atoms with Gasteiger partial charge in [-0.1, -0.05) is 18.2 Å². The van der Waals surface area contributed by atoms with Crippen LogP contribution in [0.1, 0.15) is 44.5 Å². The predicted octanol–water partition coefficient (Wildman–Crippen LogP) is 4.92. The zero-order valence-corrected chi connectivity index (χ0v) is 19.5. The molecular weight excluding hydrogens is 482 g/mol. The molecule has 1 atom stereocenters. The van der Waals surface area contributed by atoms with Gasteiger partial charge < -0.3 is 19.7 Å². The highest BCUT2D eigenvalue weighted by molar-refractivity contribution is 6.03. The number of aryl methyl sites for hydroxylation is 1. The summed E-state index contributed by atoms with van der Waals surface area (Å²) in [5, 5.41) is 13.1. The summed E-state index contributed by atoms with van der Waals surface area (Å²) in [6, 6.07) is 7.56. The third-order valence-electron chi connectivity index (χ3n) is 5.71. The molecule has 1 aliphatic heterocycles. The fourth-order valence-corrected chi connectivity index (χ4v) is 4.11. The van der Waals surface area contributed by atoms with Gasteiger partial charge in [0.1, 0.15) is 11.3 Å². The lowest BCUT2D eigenvalue weighted by atomic mass is 9.99. The lowest BCUT2D eigenvalue weighted by Gasteiger charge is -2.25. The quantitative estimate of drug-likeness (QED) is 0.526. The van der Waals surface area contributed by atoms with Crippen molar-refractivity contribution in [1.82, 2.24) is 14.9 Å². The number of morpholine rings is 1. The number of aromatic carboxylic acids is 1. The molecule has 0 amide bonds. The average molecular weight is 506 g/mol. The Kier molecular flexibility index (Phi) is 8.40. The summed E-state index contributed by atoms with van der Waals surface area (Å²) < 4.78 is 47.4. The molecule has 2 N–H and O–H groups in total. The van der Waals surface area contributed by atoms with Crippen molar-refractivity contribution in [3.63, 3.8) is 0 Å². The van der Waals surface area contributed by atoms with Crippen LogP contribution in [0, 0.1) is 13.8 Å². The monoisotopic (exact) mass is 505 g/mol. The number of rotatable bonds is 4. The van der Waals surface area contributed by atoms with Crippen LogP contribution in [0.2, 0.25) is 0 Å². The van der Waals surface area contributed by atoms with E-state index in [4.69, 9.17) is 4.74 Å². The third kappa shape index (κ3) is 5.11. The Morgan fingerprint density at radius 2 is 1.97 bits per heavy atom. The van der Waals surface area contributed by atoms with E-state index in [1.54, 1.807) is 29.7 Å². The number of carbonyl (C=O) groups is 1. The number of imidazole rings is 1. The van der Waals surface area contributed by atoms with Crippen molar-refractivity contribution in [2.24, 2.45) is 0 Å². The number of hydrogen-bond donors (Lipinski definition) is 2. The molecule has 0 radical (unpaired) electrons. The van der Waals surface area contributed by atoms with Crippen LogP contribution in [0.5, 0.6) is 0 Å². The van der Waals surface area contributed by atoms with E-state index in [0.717, 1.165) is 6.07 Å². The number of benzene rings is 2. The van der Waals surface area contributed by atoms with Gasteiger partial charge in [0.25, 0.3) is 0 Å². The van der Waals surface area contributed by atoms with E-state index >= 15 is 0 Å². The zero-order chi connectivity index (χ0) is 22.3. The number of ether oxygens (including phenoxy) is 1. The molecule has 1 unspecified atom stereocenters. The van der Waals surface area contributed by atoms with Gasteiger partial charge in [-0.25, -0.2) is 9.78 Å². The first-order valence-corrected chi connectivity index (χ1v) is 9.89. The van der Waals surface area contributed by atoms with Crippen LogP contribution in [0.25, 0.3) is 11.0 Å². The molecule has 0 spiro atoms. The van der Waals surface area contributed by atoms with Crippen LogP contribution in [0.3, 0.4) is 0 Å². The van der Waals surface area contributed by atoms with Gasteiger partial charge >= 0.3 is 12.1 Å². The summed E-state index contributed by atoms with van der Waals surface area (Å²) in [7, 11) is 0. The Hall–Kier alpha value is -2.33. The number of fused-ring (bicyclic) bond motifs is 1. The molecule has 11 heteroatoms. The topological polar surface area (TPSA) is 76.4 Å². The minimum atomic E-state index is -4.44. The molecule has 1 saturated heterocycles. The molecule has 180 valence electrons. The second-order valence-electron chi connectivity index (χ2n) is 7.60. The molecular formula is C22H24Cl2F3N3O3. The van der Waals surface area contributed by atoms with E-state index in [-0.39, 0.29) is 42.5 Å². The highest BCUT2D eigenvalue weighted by Gasteiger charge is 2.33. The van der Waals surface area contributed by atoms with Crippen molar-refractivity contribution in [2.75, 3.05) is 19.7 Å². The summed E-state index contributed by atoms with van der Waals surface area (Å²) in [5.74, 6) is -0.594. The molecule has 0 saturated carbocycles. The van der Waals surface area contributed by atoms with Gasteiger partial charge in [0.15, 0.2) is 0 Å². The number of nitrogens with zero attached hydrogens (tertiary/aromatic N) is 2. The van der Waals surface area contributed by atoms with E-state index in [1.807, 2.05) is 0 Å². The lowest BCUT2D eigenvalue weighted by Crippen LogP contribution is -2.34. The van der Waals surface area contributed by atoms with Gasteiger partial charge in [-0.05, 0) is 42.7 Å². The highest BCUT2D eigenvalue weighted by Crippen LogP contribution is 2.34. The number of nitrogens with one attached hydrogen (secondary N) is 1. The summed E-state index contributed by atoms with van der Waals surface area (Å²) in [5.41, 5.74) is 1.43. The number of carboxylic acids is 1. The van der Waals surface area contributed by atoms with Gasteiger partial charge in [0.2, 0.25) is 0 Å². The van der Waals surface area contributed by atoms with Gasteiger partial charge in [0.05, 0.1) is 29.4 Å². The zero-order valence-electron chi connectivity index (χ0n) is 17.9. The predicted molar refractivity (Wildman–Crippen MR) is 123 cm³/mol. The molecule has 2 aromatic carbocycles. The minimum absolute atomic E-state index is 0. The van der Waals surface area contributed by atoms with Crippen LogP contribution >= 0.6 is 24.8 Å². The lowest BCUT2D eigenvalue weighted by molar-refractivity contribution is -0.138. The van der Waals surface area contributed by atoms with Crippen molar-refractivity contribution in [2.45, 2.75) is 32.7 Å². The molecule has 6 nitrogen and oxygen atoms in total. The van der Waals surface area contributed by atoms with E-state index < -0.39 is 23.8 Å². The van der Waals surface area contributed by atoms with Crippen LogP contribution in [0.15, 0.2) is 30.3 Å². The van der Waals surface area contributed by atoms with Gasteiger partial charge in [-0.3, -0.25) is 0 Å². The van der Waals surface area contributed by atoms with Crippen LogP contribution < -0.4 is 5.32 Å². The summed E-state index contributed by atoms with van der Waals surface area (Å²) in [6.07, 6.45) is -4.84. The smallest absolute Gasteiger partial charge is 0.416 e. The number of alkyl halides is 3. The first kappa shape index (κ1) is 26.9. The Labute approximate surface area is 201 Å². The van der Waals surface area contributed by atoms with Crippen molar-refractivity contribution >= 4 is 41.8 Å². The maximum absolute atomic E-state index is 13.3. The van der Waals surface area contributed by atoms with Crippen LogP contribution in [-0.4, -0.2) is 40.3 Å². The van der Waals surface area contributed by atoms with Gasteiger partial charge in [0, 0.05) is 19.6 Å². The van der Waals surface area contributed by atoms with Crippen LogP contribution in [-0.2, 0) is 17.5 Å². The molecule has 1 fully saturated rings. The first-order chi connectivity index (χ1) is 14.7. The van der Waals surface area contributed by atoms with Gasteiger partial charge in [-0.2, -0.15) is 13.2 Å². The van der Waals surface area contributed by atoms with Crippen molar-refractivity contribution < 1.29 is 27.8 Å². The summed E-state index contributed by atoms with van der Waals surface area (Å²) >= 11 is 0. The van der Waals surface area contributed by atoms with Crippen LogP contribution in [0.4, 0.5) is 13.2 Å². The molecule has 4 rings (SSSR count). The summed E-state index contributed by atoms with van der Waals surface area (Å²) in [4.78, 5) is 16.6. The van der Waals surface area contributed by atoms with E-state index in [0.29, 0.717) is 47.7 Å². The second-order valence-corrected chi connectivity index (χ2v) is 7.60. The average Bonchev–Trinajstić information content (AvgIpc) is 3.03. The molecule has 3 aromatic rings. The second kappa shape index (κ2) is 10.3. The molecule has 33 heavy (non-hydrogen) atoms. The largest absolute Gasteiger partial charge is 0.478 e. The Bertz CT molecular complexity index is 1160. The minimum Gasteiger partial charge on any atom is -0.478 e. The normalized spacial score (nSPS) is 16.2. The fraction of sp³-hybridized carbons (Fsp3) is 0.364. The Balaban J connectivity index is 0.00000193. The van der Waals surface area contributed by atoms with Crippen molar-refractivity contribution in [1.29, 1.82) is 0 Å². The first-order valence-electron chi connectivity index (χ1n) is 9.89. The van der Waals surface area contributed by atoms with Crippen molar-refractivity contribution in [3.8, 4) is 0 Å². The Morgan fingerprint density at radius 3 is 2.58 bits per heavy atom.